The summed E-state index contributed by atoms with van der Waals surface area (Å²) in [5.74, 6) is -0.970. The fourth-order valence-electron chi connectivity index (χ4n) is 4.29. The van der Waals surface area contributed by atoms with Crippen LogP contribution in [0.5, 0.6) is 0 Å². The molecule has 2 aliphatic carbocycles. The fraction of sp³-hybridized carbons (Fsp3) is 0.522. The predicted octanol–water partition coefficient (Wildman–Crippen LogP) is 6.04. The van der Waals surface area contributed by atoms with Crippen molar-refractivity contribution in [2.75, 3.05) is 7.11 Å². The van der Waals surface area contributed by atoms with Gasteiger partial charge in [0.15, 0.2) is 0 Å². The maximum Gasteiger partial charge on any atom is 0.365 e. The lowest BCUT2D eigenvalue weighted by Gasteiger charge is -2.37. The lowest BCUT2D eigenvalue weighted by atomic mass is 9.69. The molecule has 3 rings (SSSR count). The number of hydrogen-bond donors (Lipinski definition) is 1. The van der Waals surface area contributed by atoms with Gasteiger partial charge in [0.05, 0.1) is 7.11 Å². The van der Waals surface area contributed by atoms with Crippen LogP contribution < -0.4 is 0 Å². The lowest BCUT2D eigenvalue weighted by Crippen LogP contribution is -2.27. The Labute approximate surface area is 160 Å². The first-order chi connectivity index (χ1) is 12.6. The monoisotopic (exact) mass is 372 g/mol. The second-order valence-electron chi connectivity index (χ2n) is 8.76. The van der Waals surface area contributed by atoms with E-state index in [-0.39, 0.29) is 16.9 Å². The van der Waals surface area contributed by atoms with Gasteiger partial charge in [-0.15, -0.1) is 0 Å². The minimum absolute atomic E-state index is 0.0931. The summed E-state index contributed by atoms with van der Waals surface area (Å²) in [4.78, 5) is 11.2. The van der Waals surface area contributed by atoms with Crippen molar-refractivity contribution in [1.29, 1.82) is 0 Å². The summed E-state index contributed by atoms with van der Waals surface area (Å²) >= 11 is 0. The molecule has 2 aliphatic rings. The van der Waals surface area contributed by atoms with E-state index in [1.807, 2.05) is 6.07 Å². The molecular weight excluding hydrogens is 343 g/mol. The van der Waals surface area contributed by atoms with E-state index < -0.39 is 11.8 Å². The van der Waals surface area contributed by atoms with E-state index in [9.17, 15) is 9.18 Å². The van der Waals surface area contributed by atoms with Crippen molar-refractivity contribution in [3.05, 3.63) is 46.0 Å². The SMILES string of the molecule is COC1=C(C(C)C)c2cc(/C(C)=C(/F)C(=O)O)c(C3CC3)cc2C(C)(C)C1. The van der Waals surface area contributed by atoms with Crippen LogP contribution in [0.4, 0.5) is 4.39 Å². The van der Waals surface area contributed by atoms with Crippen LogP contribution in [0, 0.1) is 5.92 Å². The molecule has 1 fully saturated rings. The number of fused-ring (bicyclic) bond motifs is 1. The van der Waals surface area contributed by atoms with Crippen molar-refractivity contribution in [3.63, 3.8) is 0 Å². The Kier molecular flexibility index (Phi) is 4.96. The third kappa shape index (κ3) is 3.42. The van der Waals surface area contributed by atoms with Crippen molar-refractivity contribution in [2.24, 2.45) is 5.92 Å². The van der Waals surface area contributed by atoms with E-state index in [4.69, 9.17) is 9.84 Å². The second kappa shape index (κ2) is 6.81. The number of carbonyl (C=O) groups is 1. The normalized spacial score (nSPS) is 19.7. The van der Waals surface area contributed by atoms with Crippen molar-refractivity contribution in [2.45, 2.75) is 65.2 Å². The Hall–Kier alpha value is -2.10. The van der Waals surface area contributed by atoms with Crippen LogP contribution in [0.1, 0.15) is 82.1 Å². The molecule has 27 heavy (non-hydrogen) atoms. The van der Waals surface area contributed by atoms with Gasteiger partial charge >= 0.3 is 5.97 Å². The number of allylic oxidation sites excluding steroid dienone is 3. The summed E-state index contributed by atoms with van der Waals surface area (Å²) in [5.41, 5.74) is 5.37. The maximum atomic E-state index is 14.3. The highest BCUT2D eigenvalue weighted by molar-refractivity contribution is 5.94. The topological polar surface area (TPSA) is 46.5 Å². The number of rotatable bonds is 5. The Balaban J connectivity index is 2.34. The van der Waals surface area contributed by atoms with Gasteiger partial charge in [-0.1, -0.05) is 33.8 Å². The van der Waals surface area contributed by atoms with Gasteiger partial charge in [0, 0.05) is 6.42 Å². The first-order valence-corrected chi connectivity index (χ1v) is 9.64. The maximum absolute atomic E-state index is 14.3. The fourth-order valence-corrected chi connectivity index (χ4v) is 4.29. The average Bonchev–Trinajstić information content (AvgIpc) is 3.43. The van der Waals surface area contributed by atoms with Crippen LogP contribution in [0.25, 0.3) is 11.1 Å². The first kappa shape index (κ1) is 19.7. The van der Waals surface area contributed by atoms with Crippen molar-refractivity contribution in [1.82, 2.24) is 0 Å². The van der Waals surface area contributed by atoms with Crippen LogP contribution in [0.3, 0.4) is 0 Å². The first-order valence-electron chi connectivity index (χ1n) is 9.64. The third-order valence-corrected chi connectivity index (χ3v) is 5.87. The highest BCUT2D eigenvalue weighted by Gasteiger charge is 2.37. The zero-order chi connectivity index (χ0) is 20.1. The van der Waals surface area contributed by atoms with Crippen LogP contribution >= 0.6 is 0 Å². The smallest absolute Gasteiger partial charge is 0.365 e. The minimum atomic E-state index is -1.51. The Morgan fingerprint density at radius 2 is 1.93 bits per heavy atom. The van der Waals surface area contributed by atoms with Gasteiger partial charge in [-0.3, -0.25) is 0 Å². The molecule has 0 spiro atoms. The molecule has 1 aromatic rings. The molecular formula is C23H29FO3. The van der Waals surface area contributed by atoms with Crippen LogP contribution in [0.15, 0.2) is 23.7 Å². The molecule has 0 saturated heterocycles. The lowest BCUT2D eigenvalue weighted by molar-refractivity contribution is -0.134. The van der Waals surface area contributed by atoms with Crippen molar-refractivity contribution < 1.29 is 19.0 Å². The minimum Gasteiger partial charge on any atom is -0.501 e. The number of halogens is 1. The largest absolute Gasteiger partial charge is 0.501 e. The molecule has 3 nitrogen and oxygen atoms in total. The van der Waals surface area contributed by atoms with E-state index in [0.717, 1.165) is 47.3 Å². The van der Waals surface area contributed by atoms with Crippen LogP contribution in [0.2, 0.25) is 0 Å². The van der Waals surface area contributed by atoms with Crippen LogP contribution in [-0.2, 0) is 14.9 Å². The highest BCUT2D eigenvalue weighted by atomic mass is 19.1. The zero-order valence-electron chi connectivity index (χ0n) is 17.1. The summed E-state index contributed by atoms with van der Waals surface area (Å²) in [7, 11) is 1.70. The number of aliphatic carboxylic acids is 1. The number of carboxylic acids is 1. The van der Waals surface area contributed by atoms with E-state index >= 15 is 0 Å². The van der Waals surface area contributed by atoms with Crippen molar-refractivity contribution >= 4 is 17.1 Å². The predicted molar refractivity (Wildman–Crippen MR) is 106 cm³/mol. The van der Waals surface area contributed by atoms with Crippen LogP contribution in [-0.4, -0.2) is 18.2 Å². The number of hydrogen-bond acceptors (Lipinski definition) is 2. The summed E-state index contributed by atoms with van der Waals surface area (Å²) in [6.07, 6.45) is 2.97. The number of benzene rings is 1. The number of methoxy groups -OCH3 is 1. The number of ether oxygens (including phenoxy) is 1. The summed E-state index contributed by atoms with van der Waals surface area (Å²) in [6, 6.07) is 4.21. The van der Waals surface area contributed by atoms with Gasteiger partial charge in [0.25, 0.3) is 0 Å². The van der Waals surface area contributed by atoms with Gasteiger partial charge in [-0.25, -0.2) is 4.79 Å². The standard InChI is InChI=1S/C23H29FO3/c1-12(2)20-17-9-15(13(3)21(24)22(25)26)16(14-7-8-14)10-18(17)23(4,5)11-19(20)27-6/h9-10,12,14H,7-8,11H2,1-6H3,(H,25,26)/b21-13+. The summed E-state index contributed by atoms with van der Waals surface area (Å²) in [5, 5.41) is 9.14. The van der Waals surface area contributed by atoms with Gasteiger partial charge in [-0.2, -0.15) is 4.39 Å². The van der Waals surface area contributed by atoms with Gasteiger partial charge < -0.3 is 9.84 Å². The van der Waals surface area contributed by atoms with Gasteiger partial charge in [0.1, 0.15) is 5.76 Å². The van der Waals surface area contributed by atoms with Crippen molar-refractivity contribution in [3.8, 4) is 0 Å². The zero-order valence-corrected chi connectivity index (χ0v) is 17.1. The molecule has 0 aliphatic heterocycles. The Morgan fingerprint density at radius 1 is 1.30 bits per heavy atom. The molecule has 1 saturated carbocycles. The molecule has 0 bridgehead atoms. The Bertz CT molecular complexity index is 855. The molecule has 1 aromatic carbocycles. The van der Waals surface area contributed by atoms with E-state index in [0.29, 0.717) is 5.92 Å². The van der Waals surface area contributed by atoms with E-state index in [2.05, 4.69) is 33.8 Å². The van der Waals surface area contributed by atoms with E-state index in [1.165, 1.54) is 5.56 Å². The second-order valence-corrected chi connectivity index (χ2v) is 8.76. The molecule has 0 aromatic heterocycles. The summed E-state index contributed by atoms with van der Waals surface area (Å²) in [6.45, 7) is 10.2. The number of carboxylic acid groups (broad SMARTS) is 1. The van der Waals surface area contributed by atoms with E-state index in [1.54, 1.807) is 14.0 Å². The van der Waals surface area contributed by atoms with Gasteiger partial charge in [-0.05, 0) is 76.5 Å². The third-order valence-electron chi connectivity index (χ3n) is 5.87. The molecule has 0 atom stereocenters. The molecule has 0 amide bonds. The molecule has 0 radical (unpaired) electrons. The molecule has 0 heterocycles. The van der Waals surface area contributed by atoms with Gasteiger partial charge in [0.2, 0.25) is 5.83 Å². The quantitative estimate of drug-likeness (QED) is 0.641. The molecule has 146 valence electrons. The summed E-state index contributed by atoms with van der Waals surface area (Å²) < 4.78 is 20.0. The molecule has 1 N–H and O–H groups in total. The molecule has 4 heteroatoms. The highest BCUT2D eigenvalue weighted by Crippen LogP contribution is 2.50. The average molecular weight is 372 g/mol. The molecule has 0 unspecified atom stereocenters. The Morgan fingerprint density at radius 3 is 2.41 bits per heavy atom.